The van der Waals surface area contributed by atoms with Crippen molar-refractivity contribution < 1.29 is 14.7 Å². The number of nitrogens with zero attached hydrogens (tertiary/aromatic N) is 2. The first kappa shape index (κ1) is 13.5. The zero-order valence-corrected chi connectivity index (χ0v) is 12.0. The first-order chi connectivity index (χ1) is 11.0. The van der Waals surface area contributed by atoms with Gasteiger partial charge in [0.2, 0.25) is 5.91 Å². The fourth-order valence-corrected chi connectivity index (χ4v) is 3.46. The first-order valence-corrected chi connectivity index (χ1v) is 7.08. The van der Waals surface area contributed by atoms with E-state index in [9.17, 15) is 9.59 Å². The summed E-state index contributed by atoms with van der Waals surface area (Å²) < 4.78 is 0. The monoisotopic (exact) mass is 305 g/mol. The molecule has 1 aromatic carbocycles. The third-order valence-electron chi connectivity index (χ3n) is 4.60. The number of anilines is 1. The van der Waals surface area contributed by atoms with E-state index in [0.717, 1.165) is 16.8 Å². The van der Waals surface area contributed by atoms with E-state index in [1.165, 1.54) is 6.20 Å². The van der Waals surface area contributed by atoms with Gasteiger partial charge < -0.3 is 10.4 Å². The first-order valence-electron chi connectivity index (χ1n) is 7.08. The molecule has 1 atom stereocenters. The van der Waals surface area contributed by atoms with E-state index in [1.807, 2.05) is 0 Å². The van der Waals surface area contributed by atoms with Gasteiger partial charge in [-0.2, -0.15) is 0 Å². The quantitative estimate of drug-likeness (QED) is 0.792. The average molecular weight is 305 g/mol. The van der Waals surface area contributed by atoms with E-state index in [2.05, 4.69) is 15.1 Å². The predicted octanol–water partition coefficient (Wildman–Crippen LogP) is 2.32. The second kappa shape index (κ2) is 4.40. The van der Waals surface area contributed by atoms with E-state index in [-0.39, 0.29) is 11.5 Å². The molecule has 1 amide bonds. The molecule has 4 rings (SSSR count). The number of benzene rings is 1. The number of carboxylic acid groups (broad SMARTS) is 1. The van der Waals surface area contributed by atoms with Crippen molar-refractivity contribution in [2.24, 2.45) is 0 Å². The molecule has 0 saturated heterocycles. The summed E-state index contributed by atoms with van der Waals surface area (Å²) in [6.07, 6.45) is 2.14. The fourth-order valence-electron chi connectivity index (χ4n) is 3.46. The van der Waals surface area contributed by atoms with Gasteiger partial charge in [0.25, 0.3) is 0 Å². The van der Waals surface area contributed by atoms with Crippen LogP contribution in [-0.2, 0) is 23.1 Å². The maximum atomic E-state index is 12.6. The number of carboxylic acids is 1. The van der Waals surface area contributed by atoms with Crippen LogP contribution in [0.3, 0.4) is 0 Å². The summed E-state index contributed by atoms with van der Waals surface area (Å²) >= 11 is 0. The summed E-state index contributed by atoms with van der Waals surface area (Å²) in [6.45, 7) is 7.16. The molecule has 0 fully saturated rings. The van der Waals surface area contributed by atoms with E-state index in [0.29, 0.717) is 24.2 Å². The lowest BCUT2D eigenvalue weighted by atomic mass is 9.79. The highest BCUT2D eigenvalue weighted by Gasteiger charge is 2.51. The zero-order chi connectivity index (χ0) is 16.2. The predicted molar refractivity (Wildman–Crippen MR) is 81.6 cm³/mol. The number of carbonyl (C=O) groups is 2. The van der Waals surface area contributed by atoms with Crippen molar-refractivity contribution in [2.75, 3.05) is 5.32 Å². The van der Waals surface area contributed by atoms with Gasteiger partial charge in [0.1, 0.15) is 0 Å². The number of hydrogen-bond acceptors (Lipinski definition) is 3. The smallest absolute Gasteiger partial charge is 0.337 e. The van der Waals surface area contributed by atoms with Crippen molar-refractivity contribution in [3.8, 4) is 0 Å². The Balaban J connectivity index is 1.84. The molecule has 2 aliphatic rings. The van der Waals surface area contributed by atoms with Gasteiger partial charge in [-0.15, -0.1) is 0 Å². The number of aromatic carboxylic acids is 1. The van der Waals surface area contributed by atoms with Crippen molar-refractivity contribution in [2.45, 2.75) is 18.3 Å². The maximum Gasteiger partial charge on any atom is 0.337 e. The van der Waals surface area contributed by atoms with Crippen LogP contribution in [0.5, 0.6) is 0 Å². The number of hydrogen-bond donors (Lipinski definition) is 2. The van der Waals surface area contributed by atoms with Gasteiger partial charge in [0.05, 0.1) is 17.6 Å². The van der Waals surface area contributed by atoms with Crippen molar-refractivity contribution in [1.29, 1.82) is 0 Å². The Morgan fingerprint density at radius 1 is 1.35 bits per heavy atom. The molecule has 2 N–H and O–H groups in total. The van der Waals surface area contributed by atoms with Crippen LogP contribution < -0.4 is 5.32 Å². The Kier molecular flexibility index (Phi) is 2.57. The van der Waals surface area contributed by atoms with E-state index in [4.69, 9.17) is 11.7 Å². The highest BCUT2D eigenvalue weighted by molar-refractivity contribution is 6.07. The largest absolute Gasteiger partial charge is 0.478 e. The van der Waals surface area contributed by atoms with E-state index < -0.39 is 11.4 Å². The standard InChI is InChI=1S/C17H11N3O3/c1-18-11-2-3-13-12(5-11)17(16(23)20-13)6-9-4-10(15(21)22)8-19-14(9)7-17/h2-5,8H,6-7H2,(H,20,23)(H,21,22)/t17-/m0/s1. The van der Waals surface area contributed by atoms with Crippen LogP contribution in [0.25, 0.3) is 4.85 Å². The molecule has 0 bridgehead atoms. The van der Waals surface area contributed by atoms with Crippen molar-refractivity contribution >= 4 is 23.3 Å². The molecule has 1 spiro atoms. The molecule has 2 heterocycles. The lowest BCUT2D eigenvalue weighted by molar-refractivity contribution is -0.120. The van der Waals surface area contributed by atoms with Crippen LogP contribution in [0.15, 0.2) is 30.5 Å². The van der Waals surface area contributed by atoms with Gasteiger partial charge in [-0.3, -0.25) is 9.78 Å². The van der Waals surface area contributed by atoms with Crippen LogP contribution in [0.4, 0.5) is 11.4 Å². The number of rotatable bonds is 1. The maximum absolute atomic E-state index is 12.6. The Labute approximate surface area is 131 Å². The van der Waals surface area contributed by atoms with Crippen LogP contribution >= 0.6 is 0 Å². The van der Waals surface area contributed by atoms with Gasteiger partial charge in [-0.1, -0.05) is 12.1 Å². The Morgan fingerprint density at radius 2 is 2.17 bits per heavy atom. The molecule has 1 aliphatic heterocycles. The second-order valence-corrected chi connectivity index (χ2v) is 5.87. The summed E-state index contributed by atoms with van der Waals surface area (Å²) in [5, 5.41) is 12.0. The normalized spacial score (nSPS) is 20.7. The number of amides is 1. The lowest BCUT2D eigenvalue weighted by Gasteiger charge is -2.20. The highest BCUT2D eigenvalue weighted by atomic mass is 16.4. The third-order valence-corrected chi connectivity index (χ3v) is 4.60. The molecular weight excluding hydrogens is 294 g/mol. The summed E-state index contributed by atoms with van der Waals surface area (Å²) in [5.74, 6) is -1.16. The molecule has 23 heavy (non-hydrogen) atoms. The molecule has 1 aliphatic carbocycles. The molecule has 6 nitrogen and oxygen atoms in total. The van der Waals surface area contributed by atoms with Crippen LogP contribution in [0, 0.1) is 6.57 Å². The topological polar surface area (TPSA) is 83.7 Å². The van der Waals surface area contributed by atoms with Gasteiger partial charge in [-0.25, -0.2) is 9.64 Å². The molecule has 0 unspecified atom stereocenters. The zero-order valence-electron chi connectivity index (χ0n) is 12.0. The number of carbonyl (C=O) groups excluding carboxylic acids is 1. The molecule has 0 radical (unpaired) electrons. The third kappa shape index (κ3) is 1.77. The fraction of sp³-hybridized carbons (Fsp3) is 0.176. The highest BCUT2D eigenvalue weighted by Crippen LogP contribution is 2.47. The minimum atomic E-state index is -1.03. The van der Waals surface area contributed by atoms with Gasteiger partial charge in [-0.05, 0) is 29.7 Å². The number of pyridine rings is 1. The summed E-state index contributed by atoms with van der Waals surface area (Å²) in [5.41, 5.74) is 2.85. The second-order valence-electron chi connectivity index (χ2n) is 5.87. The van der Waals surface area contributed by atoms with Crippen LogP contribution in [0.2, 0.25) is 0 Å². The van der Waals surface area contributed by atoms with Gasteiger partial charge in [0, 0.05) is 24.0 Å². The van der Waals surface area contributed by atoms with Crippen LogP contribution in [0.1, 0.15) is 27.2 Å². The number of aromatic nitrogens is 1. The Hall–Kier alpha value is -3.20. The molecule has 6 heteroatoms. The van der Waals surface area contributed by atoms with E-state index in [1.54, 1.807) is 24.3 Å². The Bertz CT molecular complexity index is 929. The molecule has 1 aromatic heterocycles. The van der Waals surface area contributed by atoms with Gasteiger partial charge in [0.15, 0.2) is 5.69 Å². The SMILES string of the molecule is [C-]#[N+]c1ccc2c(c1)[C@@]1(Cc3cc(C(=O)O)cnc3C1)C(=O)N2. The summed E-state index contributed by atoms with van der Waals surface area (Å²) in [6, 6.07) is 6.75. The molecular formula is C17H11N3O3. The van der Waals surface area contributed by atoms with Crippen molar-refractivity contribution in [3.63, 3.8) is 0 Å². The summed E-state index contributed by atoms with van der Waals surface area (Å²) in [7, 11) is 0. The summed E-state index contributed by atoms with van der Waals surface area (Å²) in [4.78, 5) is 31.4. The Morgan fingerprint density at radius 3 is 2.91 bits per heavy atom. The average Bonchev–Trinajstić information content (AvgIpc) is 3.05. The minimum absolute atomic E-state index is 0.120. The van der Waals surface area contributed by atoms with Crippen molar-refractivity contribution in [3.05, 3.63) is 64.3 Å². The molecule has 112 valence electrons. The van der Waals surface area contributed by atoms with Gasteiger partial charge >= 0.3 is 5.97 Å². The minimum Gasteiger partial charge on any atom is -0.478 e. The number of nitrogens with one attached hydrogen (secondary N) is 1. The number of fused-ring (bicyclic) bond motifs is 3. The van der Waals surface area contributed by atoms with E-state index >= 15 is 0 Å². The van der Waals surface area contributed by atoms with Crippen molar-refractivity contribution in [1.82, 2.24) is 4.98 Å². The lowest BCUT2D eigenvalue weighted by Crippen LogP contribution is -2.35. The van der Waals surface area contributed by atoms with Crippen LogP contribution in [-0.4, -0.2) is 22.0 Å². The molecule has 0 saturated carbocycles. The molecule has 2 aromatic rings.